The topological polar surface area (TPSA) is 29.9 Å². The van der Waals surface area contributed by atoms with Gasteiger partial charge in [0.05, 0.1) is 16.9 Å². The lowest BCUT2D eigenvalue weighted by atomic mass is 10.2. The Morgan fingerprint density at radius 3 is 3.00 bits per heavy atom. The Hall–Kier alpha value is -1.48. The number of halogens is 1. The van der Waals surface area contributed by atoms with Gasteiger partial charge in [0.15, 0.2) is 0 Å². The molecule has 2 aromatic rings. The maximum Gasteiger partial charge on any atom is 0.0637 e. The normalized spacial score (nSPS) is 10.6. The number of aryl methyl sites for hydroxylation is 2. The number of rotatable bonds is 5. The fourth-order valence-corrected chi connectivity index (χ4v) is 2.01. The molecular weight excluding hydrogens is 246 g/mol. The third-order valence-corrected chi connectivity index (χ3v) is 3.07. The molecule has 0 radical (unpaired) electrons. The highest BCUT2D eigenvalue weighted by Crippen LogP contribution is 2.23. The first-order chi connectivity index (χ1) is 8.69. The van der Waals surface area contributed by atoms with Crippen LogP contribution < -0.4 is 5.32 Å². The van der Waals surface area contributed by atoms with Crippen LogP contribution in [0.2, 0.25) is 5.02 Å². The van der Waals surface area contributed by atoms with Gasteiger partial charge in [0, 0.05) is 24.8 Å². The number of anilines is 1. The van der Waals surface area contributed by atoms with Crippen LogP contribution in [0.15, 0.2) is 30.6 Å². The number of hydrogen-bond donors (Lipinski definition) is 1. The summed E-state index contributed by atoms with van der Waals surface area (Å²) in [6, 6.07) is 5.98. The van der Waals surface area contributed by atoms with Gasteiger partial charge < -0.3 is 5.32 Å². The lowest BCUT2D eigenvalue weighted by molar-refractivity contribution is 0.602. The van der Waals surface area contributed by atoms with Crippen LogP contribution in [-0.4, -0.2) is 9.78 Å². The number of nitrogens with one attached hydrogen (secondary N) is 1. The molecule has 0 unspecified atom stereocenters. The third-order valence-electron chi connectivity index (χ3n) is 2.74. The Balaban J connectivity index is 1.99. The van der Waals surface area contributed by atoms with E-state index in [0.717, 1.165) is 30.2 Å². The molecule has 18 heavy (non-hydrogen) atoms. The van der Waals surface area contributed by atoms with Crippen LogP contribution in [0.3, 0.4) is 0 Å². The molecule has 0 amide bonds. The SMILES string of the molecule is CCCn1cc(CNc2cc(C)ccc2Cl)cn1. The molecule has 0 fully saturated rings. The van der Waals surface area contributed by atoms with Crippen molar-refractivity contribution in [1.82, 2.24) is 9.78 Å². The Kier molecular flexibility index (Phi) is 4.26. The van der Waals surface area contributed by atoms with Crippen molar-refractivity contribution in [2.24, 2.45) is 0 Å². The van der Waals surface area contributed by atoms with Gasteiger partial charge in [-0.2, -0.15) is 5.10 Å². The molecule has 2 rings (SSSR count). The van der Waals surface area contributed by atoms with E-state index < -0.39 is 0 Å². The van der Waals surface area contributed by atoms with E-state index in [2.05, 4.69) is 36.5 Å². The maximum absolute atomic E-state index is 6.13. The molecule has 0 aliphatic carbocycles. The number of benzene rings is 1. The van der Waals surface area contributed by atoms with Gasteiger partial charge in [0.2, 0.25) is 0 Å². The van der Waals surface area contributed by atoms with Gasteiger partial charge in [-0.3, -0.25) is 4.68 Å². The summed E-state index contributed by atoms with van der Waals surface area (Å²) in [5.41, 5.74) is 3.34. The summed E-state index contributed by atoms with van der Waals surface area (Å²) in [5, 5.41) is 8.39. The molecule has 0 bridgehead atoms. The van der Waals surface area contributed by atoms with Gasteiger partial charge in [-0.05, 0) is 31.0 Å². The standard InChI is InChI=1S/C14H18ClN3/c1-3-6-18-10-12(9-17-18)8-16-14-7-11(2)4-5-13(14)15/h4-5,7,9-10,16H,3,6,8H2,1-2H3. The minimum Gasteiger partial charge on any atom is -0.380 e. The molecule has 3 nitrogen and oxygen atoms in total. The Morgan fingerprint density at radius 1 is 1.39 bits per heavy atom. The quantitative estimate of drug-likeness (QED) is 0.888. The first-order valence-corrected chi connectivity index (χ1v) is 6.58. The summed E-state index contributed by atoms with van der Waals surface area (Å²) in [5.74, 6) is 0. The van der Waals surface area contributed by atoms with Crippen molar-refractivity contribution in [3.8, 4) is 0 Å². The van der Waals surface area contributed by atoms with Crippen LogP contribution in [-0.2, 0) is 13.1 Å². The van der Waals surface area contributed by atoms with E-state index in [1.807, 2.05) is 23.0 Å². The maximum atomic E-state index is 6.13. The lowest BCUT2D eigenvalue weighted by Crippen LogP contribution is -2.00. The predicted octanol–water partition coefficient (Wildman–Crippen LogP) is 3.87. The average Bonchev–Trinajstić information content (AvgIpc) is 2.79. The zero-order valence-electron chi connectivity index (χ0n) is 10.8. The number of aromatic nitrogens is 2. The second kappa shape index (κ2) is 5.91. The van der Waals surface area contributed by atoms with Gasteiger partial charge in [-0.1, -0.05) is 24.6 Å². The van der Waals surface area contributed by atoms with E-state index in [9.17, 15) is 0 Å². The molecular formula is C14H18ClN3. The predicted molar refractivity (Wildman–Crippen MR) is 76.0 cm³/mol. The molecule has 0 atom stereocenters. The van der Waals surface area contributed by atoms with Crippen molar-refractivity contribution in [2.45, 2.75) is 33.4 Å². The Labute approximate surface area is 113 Å². The van der Waals surface area contributed by atoms with Crippen LogP contribution in [0.5, 0.6) is 0 Å². The fourth-order valence-electron chi connectivity index (χ4n) is 1.82. The van der Waals surface area contributed by atoms with Gasteiger partial charge in [0.1, 0.15) is 0 Å². The largest absolute Gasteiger partial charge is 0.380 e. The first-order valence-electron chi connectivity index (χ1n) is 6.20. The summed E-state index contributed by atoms with van der Waals surface area (Å²) in [6.07, 6.45) is 5.06. The van der Waals surface area contributed by atoms with E-state index in [0.29, 0.717) is 0 Å². The zero-order chi connectivity index (χ0) is 13.0. The van der Waals surface area contributed by atoms with Crippen LogP contribution >= 0.6 is 11.6 Å². The smallest absolute Gasteiger partial charge is 0.0637 e. The van der Waals surface area contributed by atoms with Crippen LogP contribution in [0.4, 0.5) is 5.69 Å². The Morgan fingerprint density at radius 2 is 2.22 bits per heavy atom. The molecule has 1 aromatic heterocycles. The second-order valence-corrected chi connectivity index (χ2v) is 4.86. The molecule has 1 aromatic carbocycles. The Bertz CT molecular complexity index is 520. The summed E-state index contributed by atoms with van der Waals surface area (Å²) >= 11 is 6.13. The summed E-state index contributed by atoms with van der Waals surface area (Å²) < 4.78 is 1.97. The number of hydrogen-bond acceptors (Lipinski definition) is 2. The lowest BCUT2D eigenvalue weighted by Gasteiger charge is -2.07. The van der Waals surface area contributed by atoms with E-state index in [4.69, 9.17) is 11.6 Å². The molecule has 1 N–H and O–H groups in total. The van der Waals surface area contributed by atoms with Crippen molar-refractivity contribution < 1.29 is 0 Å². The second-order valence-electron chi connectivity index (χ2n) is 4.45. The minimum atomic E-state index is 0.743. The molecule has 96 valence electrons. The summed E-state index contributed by atoms with van der Waals surface area (Å²) in [7, 11) is 0. The molecule has 0 aliphatic heterocycles. The third kappa shape index (κ3) is 3.26. The molecule has 0 aliphatic rings. The van der Waals surface area contributed by atoms with E-state index in [1.165, 1.54) is 11.1 Å². The molecule has 0 saturated heterocycles. The summed E-state index contributed by atoms with van der Waals surface area (Å²) in [6.45, 7) is 5.91. The number of nitrogens with zero attached hydrogens (tertiary/aromatic N) is 2. The molecule has 0 spiro atoms. The monoisotopic (exact) mass is 263 g/mol. The van der Waals surface area contributed by atoms with E-state index >= 15 is 0 Å². The van der Waals surface area contributed by atoms with Gasteiger partial charge in [-0.25, -0.2) is 0 Å². The highest BCUT2D eigenvalue weighted by atomic mass is 35.5. The van der Waals surface area contributed by atoms with Crippen LogP contribution in [0.25, 0.3) is 0 Å². The molecule has 4 heteroatoms. The van der Waals surface area contributed by atoms with Gasteiger partial charge in [0.25, 0.3) is 0 Å². The first kappa shape index (κ1) is 13.0. The molecule has 0 saturated carbocycles. The summed E-state index contributed by atoms with van der Waals surface area (Å²) in [4.78, 5) is 0. The average molecular weight is 264 g/mol. The highest BCUT2D eigenvalue weighted by Gasteiger charge is 2.02. The van der Waals surface area contributed by atoms with Crippen molar-refractivity contribution in [2.75, 3.05) is 5.32 Å². The molecule has 1 heterocycles. The van der Waals surface area contributed by atoms with E-state index in [1.54, 1.807) is 0 Å². The van der Waals surface area contributed by atoms with Crippen molar-refractivity contribution in [3.05, 3.63) is 46.7 Å². The van der Waals surface area contributed by atoms with Crippen LogP contribution in [0.1, 0.15) is 24.5 Å². The van der Waals surface area contributed by atoms with Gasteiger partial charge in [-0.15, -0.1) is 0 Å². The van der Waals surface area contributed by atoms with Gasteiger partial charge >= 0.3 is 0 Å². The van der Waals surface area contributed by atoms with E-state index in [-0.39, 0.29) is 0 Å². The van der Waals surface area contributed by atoms with Crippen molar-refractivity contribution >= 4 is 17.3 Å². The van der Waals surface area contributed by atoms with Crippen molar-refractivity contribution in [3.63, 3.8) is 0 Å². The highest BCUT2D eigenvalue weighted by molar-refractivity contribution is 6.33. The zero-order valence-corrected chi connectivity index (χ0v) is 11.5. The van der Waals surface area contributed by atoms with Crippen LogP contribution in [0, 0.1) is 6.92 Å². The fraction of sp³-hybridized carbons (Fsp3) is 0.357. The minimum absolute atomic E-state index is 0.743. The van der Waals surface area contributed by atoms with Crippen molar-refractivity contribution in [1.29, 1.82) is 0 Å².